The summed E-state index contributed by atoms with van der Waals surface area (Å²) in [6.07, 6.45) is 0. The number of hydrogen-bond donors (Lipinski definition) is 0. The largest absolute Gasteiger partial charge is 0.335 e. The zero-order valence-electron chi connectivity index (χ0n) is 15.4. The van der Waals surface area contributed by atoms with Gasteiger partial charge >= 0.3 is 6.03 Å². The zero-order chi connectivity index (χ0) is 18.8. The first-order chi connectivity index (χ1) is 13.1. The average Bonchev–Trinajstić information content (AvgIpc) is 3.30. The number of amides is 3. The van der Waals surface area contributed by atoms with Gasteiger partial charge in [-0.3, -0.25) is 9.69 Å². The number of hydrogen-bond acceptors (Lipinski definition) is 5. The molecule has 3 amide bonds. The van der Waals surface area contributed by atoms with E-state index in [0.29, 0.717) is 30.5 Å². The first kappa shape index (κ1) is 17.9. The summed E-state index contributed by atoms with van der Waals surface area (Å²) in [6, 6.07) is 9.91. The molecule has 1 aromatic carbocycles. The molecule has 2 aliphatic heterocycles. The summed E-state index contributed by atoms with van der Waals surface area (Å²) < 4.78 is 0. The van der Waals surface area contributed by atoms with Crippen molar-refractivity contribution >= 4 is 28.4 Å². The minimum absolute atomic E-state index is 0.0432. The number of benzene rings is 1. The third-order valence-corrected chi connectivity index (χ3v) is 5.91. The molecule has 2 aromatic rings. The molecular formula is C19H23N5O2S. The van der Waals surface area contributed by atoms with E-state index < -0.39 is 0 Å². The highest BCUT2D eigenvalue weighted by Gasteiger charge is 2.32. The van der Waals surface area contributed by atoms with Crippen molar-refractivity contribution < 1.29 is 9.59 Å². The maximum absolute atomic E-state index is 12.7. The second-order valence-corrected chi connectivity index (χ2v) is 7.79. The number of urea groups is 1. The lowest BCUT2D eigenvalue weighted by molar-refractivity contribution is 0.0659. The third kappa shape index (κ3) is 3.81. The second kappa shape index (κ2) is 7.66. The molecule has 0 atom stereocenters. The lowest BCUT2D eigenvalue weighted by atomic mass is 10.2. The van der Waals surface area contributed by atoms with Crippen LogP contribution < -0.4 is 4.90 Å². The molecule has 3 heterocycles. The van der Waals surface area contributed by atoms with Gasteiger partial charge in [-0.15, -0.1) is 11.3 Å². The van der Waals surface area contributed by atoms with Crippen LogP contribution >= 0.6 is 11.3 Å². The average molecular weight is 385 g/mol. The topological polar surface area (TPSA) is 60.0 Å². The molecule has 0 saturated carbocycles. The van der Waals surface area contributed by atoms with Crippen molar-refractivity contribution in [3.05, 3.63) is 47.0 Å². The van der Waals surface area contributed by atoms with E-state index in [1.807, 2.05) is 40.1 Å². The van der Waals surface area contributed by atoms with E-state index in [1.165, 1.54) is 11.3 Å². The Bertz CT molecular complexity index is 817. The molecule has 2 aliphatic rings. The monoisotopic (exact) mass is 385 g/mol. The van der Waals surface area contributed by atoms with E-state index in [9.17, 15) is 9.59 Å². The quantitative estimate of drug-likeness (QED) is 0.807. The lowest BCUT2D eigenvalue weighted by Gasteiger charge is -2.31. The Hall–Kier alpha value is -2.45. The molecule has 8 heteroatoms. The summed E-state index contributed by atoms with van der Waals surface area (Å²) in [4.78, 5) is 37.4. The number of piperazine rings is 1. The molecule has 0 unspecified atom stereocenters. The number of carbonyl (C=O) groups is 2. The Kier molecular flexibility index (Phi) is 5.09. The van der Waals surface area contributed by atoms with Crippen molar-refractivity contribution in [1.29, 1.82) is 0 Å². The Balaban J connectivity index is 1.41. The first-order valence-corrected chi connectivity index (χ1v) is 10.0. The SMILES string of the molecule is CN1CCN(C(=O)c2csc(N3CCN(Cc4ccccc4)C3=O)n2)CC1. The van der Waals surface area contributed by atoms with Crippen molar-refractivity contribution in [2.75, 3.05) is 51.2 Å². The highest BCUT2D eigenvalue weighted by Crippen LogP contribution is 2.26. The third-order valence-electron chi connectivity index (χ3n) is 5.04. The van der Waals surface area contributed by atoms with E-state index in [0.717, 1.165) is 31.7 Å². The van der Waals surface area contributed by atoms with Crippen LogP contribution in [-0.4, -0.2) is 77.9 Å². The Morgan fingerprint density at radius 3 is 2.56 bits per heavy atom. The lowest BCUT2D eigenvalue weighted by Crippen LogP contribution is -2.47. The summed E-state index contributed by atoms with van der Waals surface area (Å²) in [5, 5.41) is 2.37. The van der Waals surface area contributed by atoms with Gasteiger partial charge < -0.3 is 14.7 Å². The number of thiazole rings is 1. The van der Waals surface area contributed by atoms with Crippen LogP contribution in [0.25, 0.3) is 0 Å². The normalized spacial score (nSPS) is 18.4. The molecule has 27 heavy (non-hydrogen) atoms. The van der Waals surface area contributed by atoms with Crippen molar-refractivity contribution in [3.63, 3.8) is 0 Å². The zero-order valence-corrected chi connectivity index (χ0v) is 16.2. The number of carbonyl (C=O) groups excluding carboxylic acids is 2. The summed E-state index contributed by atoms with van der Waals surface area (Å²) in [5.41, 5.74) is 1.55. The van der Waals surface area contributed by atoms with Crippen LogP contribution in [0, 0.1) is 0 Å². The van der Waals surface area contributed by atoms with Gasteiger partial charge in [0.2, 0.25) is 0 Å². The smallest absolute Gasteiger partial charge is 0.326 e. The van der Waals surface area contributed by atoms with E-state index in [-0.39, 0.29) is 11.9 Å². The molecule has 142 valence electrons. The Labute approximate surface area is 162 Å². The predicted octanol–water partition coefficient (Wildman–Crippen LogP) is 1.97. The minimum atomic E-state index is -0.0493. The van der Waals surface area contributed by atoms with Gasteiger partial charge in [-0.05, 0) is 12.6 Å². The van der Waals surface area contributed by atoms with Gasteiger partial charge in [0.25, 0.3) is 5.91 Å². The molecule has 0 bridgehead atoms. The van der Waals surface area contributed by atoms with Gasteiger partial charge in [0.05, 0.1) is 0 Å². The molecule has 0 radical (unpaired) electrons. The van der Waals surface area contributed by atoms with E-state index in [4.69, 9.17) is 0 Å². The molecule has 2 fully saturated rings. The van der Waals surface area contributed by atoms with Crippen LogP contribution in [0.2, 0.25) is 0 Å². The number of rotatable bonds is 4. The van der Waals surface area contributed by atoms with Crippen LogP contribution in [0.5, 0.6) is 0 Å². The van der Waals surface area contributed by atoms with Gasteiger partial charge in [0.1, 0.15) is 5.69 Å². The fourth-order valence-electron chi connectivity index (χ4n) is 3.37. The maximum atomic E-state index is 12.7. The summed E-state index contributed by atoms with van der Waals surface area (Å²) in [7, 11) is 2.06. The first-order valence-electron chi connectivity index (χ1n) is 9.15. The van der Waals surface area contributed by atoms with E-state index in [2.05, 4.69) is 16.9 Å². The van der Waals surface area contributed by atoms with Crippen LogP contribution in [0.1, 0.15) is 16.1 Å². The molecule has 0 aliphatic carbocycles. The van der Waals surface area contributed by atoms with Gasteiger partial charge in [-0.1, -0.05) is 30.3 Å². The minimum Gasteiger partial charge on any atom is -0.335 e. The number of aromatic nitrogens is 1. The molecule has 1 aromatic heterocycles. The van der Waals surface area contributed by atoms with E-state index >= 15 is 0 Å². The van der Waals surface area contributed by atoms with E-state index in [1.54, 1.807) is 10.3 Å². The summed E-state index contributed by atoms with van der Waals surface area (Å²) >= 11 is 1.36. The van der Waals surface area contributed by atoms with Crippen molar-refractivity contribution in [2.45, 2.75) is 6.54 Å². The maximum Gasteiger partial charge on any atom is 0.326 e. The van der Waals surface area contributed by atoms with Crippen LogP contribution in [0.3, 0.4) is 0 Å². The fraction of sp³-hybridized carbons (Fsp3) is 0.421. The number of anilines is 1. The second-order valence-electron chi connectivity index (χ2n) is 6.95. The molecule has 0 N–H and O–H groups in total. The van der Waals surface area contributed by atoms with Crippen molar-refractivity contribution in [2.24, 2.45) is 0 Å². The molecule has 2 saturated heterocycles. The standard InChI is InChI=1S/C19H23N5O2S/c1-21-7-9-22(10-8-21)17(25)16-14-27-18(20-16)24-12-11-23(19(24)26)13-15-5-3-2-4-6-15/h2-6,14H,7-13H2,1H3. The Morgan fingerprint density at radius 1 is 1.07 bits per heavy atom. The van der Waals surface area contributed by atoms with Gasteiger partial charge in [0.15, 0.2) is 5.13 Å². The van der Waals surface area contributed by atoms with Gasteiger partial charge in [-0.25, -0.2) is 9.78 Å². The molecular weight excluding hydrogens is 362 g/mol. The molecule has 4 rings (SSSR count). The summed E-state index contributed by atoms with van der Waals surface area (Å²) in [6.45, 7) is 5.04. The van der Waals surface area contributed by atoms with Crippen LogP contribution in [0.4, 0.5) is 9.93 Å². The Morgan fingerprint density at radius 2 is 1.81 bits per heavy atom. The van der Waals surface area contributed by atoms with Crippen molar-refractivity contribution in [1.82, 2.24) is 19.7 Å². The van der Waals surface area contributed by atoms with Crippen LogP contribution in [-0.2, 0) is 6.54 Å². The number of likely N-dealkylation sites (N-methyl/N-ethyl adjacent to an activating group) is 1. The fourth-order valence-corrected chi connectivity index (χ4v) is 4.19. The van der Waals surface area contributed by atoms with Gasteiger partial charge in [0, 0.05) is 51.2 Å². The highest BCUT2D eigenvalue weighted by molar-refractivity contribution is 7.14. The molecule has 0 spiro atoms. The summed E-state index contributed by atoms with van der Waals surface area (Å²) in [5.74, 6) is -0.0432. The van der Waals surface area contributed by atoms with Gasteiger partial charge in [-0.2, -0.15) is 0 Å². The van der Waals surface area contributed by atoms with Crippen molar-refractivity contribution in [3.8, 4) is 0 Å². The molecule has 7 nitrogen and oxygen atoms in total. The highest BCUT2D eigenvalue weighted by atomic mass is 32.1. The predicted molar refractivity (Wildman–Crippen MR) is 105 cm³/mol. The van der Waals surface area contributed by atoms with Crippen LogP contribution in [0.15, 0.2) is 35.7 Å². The number of nitrogens with zero attached hydrogens (tertiary/aromatic N) is 5.